The predicted octanol–water partition coefficient (Wildman–Crippen LogP) is 4.67. The summed E-state index contributed by atoms with van der Waals surface area (Å²) in [6.45, 7) is 2.01. The lowest BCUT2D eigenvalue weighted by Crippen LogP contribution is -2.13. The van der Waals surface area contributed by atoms with Crippen molar-refractivity contribution in [2.75, 3.05) is 5.32 Å². The minimum Gasteiger partial charge on any atom is -0.326 e. The fourth-order valence-electron chi connectivity index (χ4n) is 2.61. The van der Waals surface area contributed by atoms with Crippen LogP contribution in [0.25, 0.3) is 0 Å². The zero-order valence-corrected chi connectivity index (χ0v) is 12.4. The molecule has 2 nitrogen and oxygen atoms in total. The number of anilines is 1. The van der Waals surface area contributed by atoms with E-state index in [0.717, 1.165) is 28.1 Å². The fraction of sp³-hybridized carbons (Fsp3) is 0.533. The van der Waals surface area contributed by atoms with E-state index in [1.165, 1.54) is 25.7 Å². The molecule has 18 heavy (non-hydrogen) atoms. The summed E-state index contributed by atoms with van der Waals surface area (Å²) in [4.78, 5) is 11.9. The summed E-state index contributed by atoms with van der Waals surface area (Å²) in [6.07, 6.45) is 7.01. The number of hydrogen-bond donors (Lipinski definition) is 1. The van der Waals surface area contributed by atoms with E-state index in [0.29, 0.717) is 6.42 Å². The minimum atomic E-state index is 0.146. The molecule has 0 heterocycles. The molecule has 0 atom stereocenters. The number of hydrogen-bond acceptors (Lipinski definition) is 1. The van der Waals surface area contributed by atoms with Crippen LogP contribution in [0.5, 0.6) is 0 Å². The van der Waals surface area contributed by atoms with E-state index >= 15 is 0 Å². The summed E-state index contributed by atoms with van der Waals surface area (Å²) >= 11 is 3.43. The van der Waals surface area contributed by atoms with Gasteiger partial charge in [-0.05, 0) is 43.0 Å². The Morgan fingerprint density at radius 3 is 2.78 bits per heavy atom. The number of nitrogens with one attached hydrogen (secondary N) is 1. The average Bonchev–Trinajstić information content (AvgIpc) is 2.83. The molecule has 0 aliphatic heterocycles. The molecule has 1 N–H and O–H groups in total. The Hall–Kier alpha value is -0.830. The largest absolute Gasteiger partial charge is 0.326 e. The number of aryl methyl sites for hydroxylation is 1. The molecule has 1 amide bonds. The first-order valence-corrected chi connectivity index (χ1v) is 7.50. The molecular weight excluding hydrogens is 290 g/mol. The molecule has 0 saturated heterocycles. The van der Waals surface area contributed by atoms with Crippen molar-refractivity contribution in [3.05, 3.63) is 28.2 Å². The third-order valence-electron chi connectivity index (χ3n) is 3.72. The van der Waals surface area contributed by atoms with Crippen molar-refractivity contribution < 1.29 is 4.79 Å². The molecule has 1 saturated carbocycles. The Morgan fingerprint density at radius 1 is 1.39 bits per heavy atom. The molecule has 0 unspecified atom stereocenters. The fourth-order valence-corrected chi connectivity index (χ4v) is 3.09. The van der Waals surface area contributed by atoms with Crippen LogP contribution in [-0.2, 0) is 4.79 Å². The second-order valence-corrected chi connectivity index (χ2v) is 6.11. The highest BCUT2D eigenvalue weighted by Gasteiger charge is 2.16. The summed E-state index contributed by atoms with van der Waals surface area (Å²) in [5, 5.41) is 3.00. The van der Waals surface area contributed by atoms with Gasteiger partial charge in [-0.25, -0.2) is 0 Å². The summed E-state index contributed by atoms with van der Waals surface area (Å²) in [6, 6.07) is 5.93. The van der Waals surface area contributed by atoms with Crippen LogP contribution >= 0.6 is 15.9 Å². The van der Waals surface area contributed by atoms with E-state index in [1.807, 2.05) is 25.1 Å². The second kappa shape index (κ2) is 6.37. The van der Waals surface area contributed by atoms with Crippen LogP contribution in [0.1, 0.15) is 44.1 Å². The lowest BCUT2D eigenvalue weighted by molar-refractivity contribution is -0.116. The maximum atomic E-state index is 11.9. The molecule has 1 fully saturated rings. The highest BCUT2D eigenvalue weighted by molar-refractivity contribution is 9.10. The summed E-state index contributed by atoms with van der Waals surface area (Å²) < 4.78 is 1.05. The molecule has 2 rings (SSSR count). The summed E-state index contributed by atoms with van der Waals surface area (Å²) in [5.41, 5.74) is 2.02. The topological polar surface area (TPSA) is 29.1 Å². The van der Waals surface area contributed by atoms with Crippen LogP contribution in [0.2, 0.25) is 0 Å². The molecule has 1 aliphatic carbocycles. The van der Waals surface area contributed by atoms with Gasteiger partial charge in [0.25, 0.3) is 0 Å². The molecule has 0 bridgehead atoms. The quantitative estimate of drug-likeness (QED) is 0.860. The van der Waals surface area contributed by atoms with Crippen molar-refractivity contribution in [1.29, 1.82) is 0 Å². The SMILES string of the molecule is Cc1cc(Br)ccc1NC(=O)CCC1CCCC1. The number of halogens is 1. The predicted molar refractivity (Wildman–Crippen MR) is 78.7 cm³/mol. The van der Waals surface area contributed by atoms with E-state index in [4.69, 9.17) is 0 Å². The minimum absolute atomic E-state index is 0.146. The lowest BCUT2D eigenvalue weighted by Gasteiger charge is -2.11. The maximum absolute atomic E-state index is 11.9. The Labute approximate surface area is 117 Å². The molecule has 98 valence electrons. The van der Waals surface area contributed by atoms with Gasteiger partial charge in [-0.3, -0.25) is 4.79 Å². The van der Waals surface area contributed by atoms with Gasteiger partial charge < -0.3 is 5.32 Å². The molecule has 0 aromatic heterocycles. The average molecular weight is 310 g/mol. The van der Waals surface area contributed by atoms with Gasteiger partial charge in [-0.1, -0.05) is 41.6 Å². The van der Waals surface area contributed by atoms with Gasteiger partial charge in [0.05, 0.1) is 0 Å². The van der Waals surface area contributed by atoms with Gasteiger partial charge in [0, 0.05) is 16.6 Å². The third-order valence-corrected chi connectivity index (χ3v) is 4.21. The van der Waals surface area contributed by atoms with Crippen molar-refractivity contribution in [3.8, 4) is 0 Å². The van der Waals surface area contributed by atoms with Crippen LogP contribution in [-0.4, -0.2) is 5.91 Å². The molecule has 0 spiro atoms. The molecule has 1 aromatic carbocycles. The Morgan fingerprint density at radius 2 is 2.11 bits per heavy atom. The van der Waals surface area contributed by atoms with Crippen molar-refractivity contribution in [2.24, 2.45) is 5.92 Å². The van der Waals surface area contributed by atoms with Gasteiger partial charge in [0.1, 0.15) is 0 Å². The number of amides is 1. The highest BCUT2D eigenvalue weighted by atomic mass is 79.9. The van der Waals surface area contributed by atoms with E-state index < -0.39 is 0 Å². The van der Waals surface area contributed by atoms with Gasteiger partial charge in [-0.2, -0.15) is 0 Å². The first-order chi connectivity index (χ1) is 8.65. The number of carbonyl (C=O) groups is 1. The van der Waals surface area contributed by atoms with Crippen LogP contribution in [0.15, 0.2) is 22.7 Å². The van der Waals surface area contributed by atoms with Gasteiger partial charge >= 0.3 is 0 Å². The third kappa shape index (κ3) is 3.84. The van der Waals surface area contributed by atoms with Crippen LogP contribution in [0.3, 0.4) is 0 Å². The smallest absolute Gasteiger partial charge is 0.224 e. The second-order valence-electron chi connectivity index (χ2n) is 5.20. The molecule has 3 heteroatoms. The lowest BCUT2D eigenvalue weighted by atomic mass is 10.0. The van der Waals surface area contributed by atoms with Crippen LogP contribution in [0.4, 0.5) is 5.69 Å². The standard InChI is InChI=1S/C15H20BrNO/c1-11-10-13(16)7-8-14(11)17-15(18)9-6-12-4-2-3-5-12/h7-8,10,12H,2-6,9H2,1H3,(H,17,18). The van der Waals surface area contributed by atoms with Crippen molar-refractivity contribution in [3.63, 3.8) is 0 Å². The van der Waals surface area contributed by atoms with Gasteiger partial charge in [0.2, 0.25) is 5.91 Å². The first kappa shape index (κ1) is 13.6. The van der Waals surface area contributed by atoms with E-state index in [2.05, 4.69) is 21.2 Å². The van der Waals surface area contributed by atoms with Crippen molar-refractivity contribution in [2.45, 2.75) is 45.4 Å². The summed E-state index contributed by atoms with van der Waals surface area (Å²) in [7, 11) is 0. The zero-order valence-electron chi connectivity index (χ0n) is 10.8. The molecular formula is C15H20BrNO. The molecule has 0 radical (unpaired) electrons. The Balaban J connectivity index is 1.82. The van der Waals surface area contributed by atoms with Crippen LogP contribution < -0.4 is 5.32 Å². The van der Waals surface area contributed by atoms with Crippen molar-refractivity contribution >= 4 is 27.5 Å². The summed E-state index contributed by atoms with van der Waals surface area (Å²) in [5.74, 6) is 0.925. The van der Waals surface area contributed by atoms with E-state index in [9.17, 15) is 4.79 Å². The highest BCUT2D eigenvalue weighted by Crippen LogP contribution is 2.28. The van der Waals surface area contributed by atoms with Crippen molar-refractivity contribution in [1.82, 2.24) is 0 Å². The number of benzene rings is 1. The van der Waals surface area contributed by atoms with E-state index in [1.54, 1.807) is 0 Å². The Bertz CT molecular complexity index is 425. The molecule has 1 aromatic rings. The normalized spacial score (nSPS) is 15.9. The number of carbonyl (C=O) groups excluding carboxylic acids is 1. The van der Waals surface area contributed by atoms with Gasteiger partial charge in [0.15, 0.2) is 0 Å². The number of rotatable bonds is 4. The maximum Gasteiger partial charge on any atom is 0.224 e. The van der Waals surface area contributed by atoms with Crippen LogP contribution in [0, 0.1) is 12.8 Å². The first-order valence-electron chi connectivity index (χ1n) is 6.71. The molecule has 1 aliphatic rings. The Kier molecular flexibility index (Phi) is 4.81. The van der Waals surface area contributed by atoms with E-state index in [-0.39, 0.29) is 5.91 Å². The monoisotopic (exact) mass is 309 g/mol. The zero-order chi connectivity index (χ0) is 13.0. The van der Waals surface area contributed by atoms with Gasteiger partial charge in [-0.15, -0.1) is 0 Å².